The van der Waals surface area contributed by atoms with Gasteiger partial charge in [0, 0.05) is 11.6 Å². The van der Waals surface area contributed by atoms with Crippen LogP contribution < -0.4 is 4.90 Å². The van der Waals surface area contributed by atoms with E-state index < -0.39 is 17.7 Å². The molecule has 0 N–H and O–H groups in total. The van der Waals surface area contributed by atoms with E-state index in [0.717, 1.165) is 11.6 Å². The van der Waals surface area contributed by atoms with Gasteiger partial charge in [0.25, 0.3) is 5.91 Å². The van der Waals surface area contributed by atoms with Crippen LogP contribution in [0.1, 0.15) is 25.0 Å². The molecule has 2 atom stereocenters. The van der Waals surface area contributed by atoms with Crippen molar-refractivity contribution >= 4 is 11.6 Å². The number of carbonyl (C=O) groups excluding carboxylic acids is 1. The second-order valence-electron chi connectivity index (χ2n) is 6.06. The van der Waals surface area contributed by atoms with Crippen LogP contribution >= 0.6 is 0 Å². The molecule has 0 saturated carbocycles. The number of halogens is 2. The van der Waals surface area contributed by atoms with Crippen LogP contribution in [0.5, 0.6) is 0 Å². The van der Waals surface area contributed by atoms with Crippen molar-refractivity contribution in [1.82, 2.24) is 0 Å². The molecule has 2 aromatic carbocycles. The van der Waals surface area contributed by atoms with Crippen molar-refractivity contribution in [1.29, 1.82) is 0 Å². The topological polar surface area (TPSA) is 29.5 Å². The van der Waals surface area contributed by atoms with Gasteiger partial charge in [-0.2, -0.15) is 0 Å². The number of amides is 1. The number of rotatable bonds is 4. The number of hydrogen-bond acceptors (Lipinski definition) is 2. The van der Waals surface area contributed by atoms with E-state index in [0.29, 0.717) is 18.7 Å². The molecule has 0 aliphatic carbocycles. The number of fused-ring (bicyclic) bond motifs is 1. The molecule has 5 heteroatoms. The summed E-state index contributed by atoms with van der Waals surface area (Å²) in [4.78, 5) is 14.2. The highest BCUT2D eigenvalue weighted by molar-refractivity contribution is 5.98. The van der Waals surface area contributed by atoms with Crippen molar-refractivity contribution in [2.45, 2.75) is 39.0 Å². The van der Waals surface area contributed by atoms with E-state index in [1.807, 2.05) is 37.3 Å². The first-order chi connectivity index (χ1) is 11.5. The molecule has 126 valence electrons. The lowest BCUT2D eigenvalue weighted by atomic mass is 10.1. The van der Waals surface area contributed by atoms with Crippen LogP contribution in [-0.4, -0.2) is 18.1 Å². The van der Waals surface area contributed by atoms with Crippen LogP contribution in [-0.2, 0) is 22.6 Å². The number of anilines is 1. The van der Waals surface area contributed by atoms with E-state index in [1.165, 1.54) is 11.0 Å². The molecular weight excluding hydrogens is 312 g/mol. The molecule has 0 fully saturated rings. The molecule has 2 aromatic rings. The lowest BCUT2D eigenvalue weighted by Crippen LogP contribution is -2.42. The van der Waals surface area contributed by atoms with Gasteiger partial charge in [-0.1, -0.05) is 30.3 Å². The molecule has 0 spiro atoms. The minimum atomic E-state index is -0.886. The molecule has 1 amide bonds. The standard InChI is InChI=1S/C19H19F2NO2/c1-12-10-15-17(9-8-16(20)18(15)21)22(12)19(23)13(2)24-11-14-6-4-3-5-7-14/h3-9,12-13H,10-11H2,1-2H3. The molecule has 3 nitrogen and oxygen atoms in total. The molecule has 0 bridgehead atoms. The molecule has 0 radical (unpaired) electrons. The average molecular weight is 331 g/mol. The maximum Gasteiger partial charge on any atom is 0.256 e. The molecule has 0 aromatic heterocycles. The molecule has 1 aliphatic heterocycles. The Morgan fingerprint density at radius 3 is 2.67 bits per heavy atom. The Kier molecular flexibility index (Phi) is 4.62. The van der Waals surface area contributed by atoms with Crippen LogP contribution in [0.15, 0.2) is 42.5 Å². The highest BCUT2D eigenvalue weighted by Crippen LogP contribution is 2.35. The van der Waals surface area contributed by atoms with Gasteiger partial charge < -0.3 is 9.64 Å². The Morgan fingerprint density at radius 2 is 1.96 bits per heavy atom. The van der Waals surface area contributed by atoms with Crippen molar-refractivity contribution in [2.24, 2.45) is 0 Å². The first-order valence-corrected chi connectivity index (χ1v) is 7.94. The monoisotopic (exact) mass is 331 g/mol. The maximum absolute atomic E-state index is 13.9. The highest BCUT2D eigenvalue weighted by atomic mass is 19.2. The van der Waals surface area contributed by atoms with E-state index in [9.17, 15) is 13.6 Å². The van der Waals surface area contributed by atoms with Gasteiger partial charge in [0.1, 0.15) is 6.10 Å². The smallest absolute Gasteiger partial charge is 0.256 e. The second-order valence-corrected chi connectivity index (χ2v) is 6.06. The van der Waals surface area contributed by atoms with Gasteiger partial charge >= 0.3 is 0 Å². The van der Waals surface area contributed by atoms with E-state index in [2.05, 4.69) is 0 Å². The average Bonchev–Trinajstić information content (AvgIpc) is 2.93. The molecular formula is C19H19F2NO2. The Bertz CT molecular complexity index is 749. The highest BCUT2D eigenvalue weighted by Gasteiger charge is 2.36. The first kappa shape index (κ1) is 16.6. The fourth-order valence-electron chi connectivity index (χ4n) is 3.02. The van der Waals surface area contributed by atoms with Gasteiger partial charge in [-0.05, 0) is 38.0 Å². The van der Waals surface area contributed by atoms with Gasteiger partial charge in [-0.25, -0.2) is 8.78 Å². The SMILES string of the molecule is CC(OCc1ccccc1)C(=O)N1c2ccc(F)c(F)c2CC1C. The van der Waals surface area contributed by atoms with Gasteiger partial charge in [-0.15, -0.1) is 0 Å². The first-order valence-electron chi connectivity index (χ1n) is 7.94. The third-order valence-electron chi connectivity index (χ3n) is 4.30. The van der Waals surface area contributed by atoms with Gasteiger partial charge in [0.15, 0.2) is 11.6 Å². The summed E-state index contributed by atoms with van der Waals surface area (Å²) in [5.74, 6) is -2.00. The van der Waals surface area contributed by atoms with Crippen molar-refractivity contribution in [2.75, 3.05) is 4.90 Å². The van der Waals surface area contributed by atoms with E-state index in [4.69, 9.17) is 4.74 Å². The van der Waals surface area contributed by atoms with Gasteiger partial charge in [0.05, 0.1) is 12.3 Å². The summed E-state index contributed by atoms with van der Waals surface area (Å²) in [7, 11) is 0. The lowest BCUT2D eigenvalue weighted by Gasteiger charge is -2.26. The molecule has 24 heavy (non-hydrogen) atoms. The van der Waals surface area contributed by atoms with Crippen LogP contribution in [0.2, 0.25) is 0 Å². The minimum Gasteiger partial charge on any atom is -0.364 e. The number of carbonyl (C=O) groups is 1. The third-order valence-corrected chi connectivity index (χ3v) is 4.30. The van der Waals surface area contributed by atoms with Crippen LogP contribution in [0.4, 0.5) is 14.5 Å². The summed E-state index contributed by atoms with van der Waals surface area (Å²) in [5, 5.41) is 0. The minimum absolute atomic E-state index is 0.230. The summed E-state index contributed by atoms with van der Waals surface area (Å²) >= 11 is 0. The zero-order valence-corrected chi connectivity index (χ0v) is 13.6. The van der Waals surface area contributed by atoms with Crippen molar-refractivity contribution in [3.63, 3.8) is 0 Å². The molecule has 2 unspecified atom stereocenters. The van der Waals surface area contributed by atoms with E-state index in [1.54, 1.807) is 6.92 Å². The van der Waals surface area contributed by atoms with Crippen LogP contribution in [0.3, 0.4) is 0 Å². The lowest BCUT2D eigenvalue weighted by molar-refractivity contribution is -0.130. The molecule has 3 rings (SSSR count). The number of ether oxygens (including phenoxy) is 1. The summed E-state index contributed by atoms with van der Waals surface area (Å²) < 4.78 is 33.0. The van der Waals surface area contributed by atoms with Gasteiger partial charge in [0.2, 0.25) is 0 Å². The fourth-order valence-corrected chi connectivity index (χ4v) is 3.02. The van der Waals surface area contributed by atoms with Crippen molar-refractivity contribution < 1.29 is 18.3 Å². The van der Waals surface area contributed by atoms with Crippen molar-refractivity contribution in [3.05, 3.63) is 65.2 Å². The Hall–Kier alpha value is -2.27. The quantitative estimate of drug-likeness (QED) is 0.852. The normalized spacial score (nSPS) is 17.7. The number of benzene rings is 2. The summed E-state index contributed by atoms with van der Waals surface area (Å²) in [6.07, 6.45) is -0.373. The summed E-state index contributed by atoms with van der Waals surface area (Å²) in [6.45, 7) is 3.82. The predicted octanol–water partition coefficient (Wildman–Crippen LogP) is 3.85. The predicted molar refractivity (Wildman–Crippen MR) is 87.7 cm³/mol. The molecule has 1 heterocycles. The zero-order chi connectivity index (χ0) is 17.3. The molecule has 0 saturated heterocycles. The van der Waals surface area contributed by atoms with E-state index in [-0.39, 0.29) is 17.5 Å². The summed E-state index contributed by atoms with van der Waals surface area (Å²) in [5.41, 5.74) is 1.66. The number of hydrogen-bond donors (Lipinski definition) is 0. The Morgan fingerprint density at radius 1 is 1.25 bits per heavy atom. The molecule has 1 aliphatic rings. The van der Waals surface area contributed by atoms with Crippen LogP contribution in [0.25, 0.3) is 0 Å². The Labute approximate surface area is 139 Å². The van der Waals surface area contributed by atoms with Crippen LogP contribution in [0, 0.1) is 11.6 Å². The van der Waals surface area contributed by atoms with Crippen molar-refractivity contribution in [3.8, 4) is 0 Å². The second kappa shape index (κ2) is 6.69. The van der Waals surface area contributed by atoms with Gasteiger partial charge in [-0.3, -0.25) is 4.79 Å². The zero-order valence-electron chi connectivity index (χ0n) is 13.6. The fraction of sp³-hybridized carbons (Fsp3) is 0.316. The van der Waals surface area contributed by atoms with E-state index >= 15 is 0 Å². The summed E-state index contributed by atoms with van der Waals surface area (Å²) in [6, 6.07) is 11.8. The number of nitrogens with zero attached hydrogens (tertiary/aromatic N) is 1. The largest absolute Gasteiger partial charge is 0.364 e. The third kappa shape index (κ3) is 3.04. The maximum atomic E-state index is 13.9. The Balaban J connectivity index is 1.74.